The molecule has 4 nitrogen and oxygen atoms in total. The lowest BCUT2D eigenvalue weighted by Crippen LogP contribution is -2.30. The third-order valence-electron chi connectivity index (χ3n) is 2.09. The molecule has 0 fully saturated rings. The molecule has 0 radical (unpaired) electrons. The van der Waals surface area contributed by atoms with E-state index in [1.807, 2.05) is 25.1 Å². The first-order valence-corrected chi connectivity index (χ1v) is 6.18. The van der Waals surface area contributed by atoms with Crippen molar-refractivity contribution >= 4 is 27.5 Å². The first-order valence-electron chi connectivity index (χ1n) is 5.38. The molecule has 0 aliphatic heterocycles. The number of halogens is 1. The van der Waals surface area contributed by atoms with Crippen molar-refractivity contribution in [2.45, 2.75) is 6.92 Å². The Hall–Kier alpha value is -0.910. The minimum Gasteiger partial charge on any atom is -0.383 e. The number of hydrogen-bond donors (Lipinski definition) is 2. The van der Waals surface area contributed by atoms with Crippen molar-refractivity contribution in [3.05, 3.63) is 28.2 Å². The minimum absolute atomic E-state index is 0.0568. The van der Waals surface area contributed by atoms with Crippen molar-refractivity contribution in [1.82, 2.24) is 5.32 Å². The van der Waals surface area contributed by atoms with Gasteiger partial charge in [-0.15, -0.1) is 0 Å². The van der Waals surface area contributed by atoms with Gasteiger partial charge in [-0.1, -0.05) is 15.9 Å². The van der Waals surface area contributed by atoms with E-state index < -0.39 is 0 Å². The van der Waals surface area contributed by atoms with Crippen LogP contribution in [0.3, 0.4) is 0 Å². The second kappa shape index (κ2) is 7.42. The number of aryl methyl sites for hydroxylation is 1. The second-order valence-corrected chi connectivity index (χ2v) is 4.65. The topological polar surface area (TPSA) is 50.4 Å². The normalized spacial score (nSPS) is 10.3. The van der Waals surface area contributed by atoms with Crippen molar-refractivity contribution in [3.8, 4) is 0 Å². The molecule has 1 amide bonds. The summed E-state index contributed by atoms with van der Waals surface area (Å²) in [4.78, 5) is 11.6. The fourth-order valence-electron chi connectivity index (χ4n) is 1.39. The molecule has 1 rings (SSSR count). The van der Waals surface area contributed by atoms with Gasteiger partial charge in [0, 0.05) is 23.8 Å². The lowest BCUT2D eigenvalue weighted by Gasteiger charge is -2.07. The van der Waals surface area contributed by atoms with Crippen LogP contribution in [0.4, 0.5) is 5.69 Å². The van der Waals surface area contributed by atoms with Crippen molar-refractivity contribution < 1.29 is 9.53 Å². The third kappa shape index (κ3) is 5.81. The van der Waals surface area contributed by atoms with E-state index in [9.17, 15) is 4.79 Å². The van der Waals surface area contributed by atoms with Gasteiger partial charge in [0.25, 0.3) is 0 Å². The Kier molecular flexibility index (Phi) is 6.18. The average Bonchev–Trinajstić information content (AvgIpc) is 2.23. The van der Waals surface area contributed by atoms with Gasteiger partial charge in [-0.2, -0.15) is 0 Å². The first-order chi connectivity index (χ1) is 8.11. The summed E-state index contributed by atoms with van der Waals surface area (Å²) in [6.07, 6.45) is 0. The number of benzene rings is 1. The minimum atomic E-state index is -0.0568. The van der Waals surface area contributed by atoms with E-state index in [1.54, 1.807) is 7.11 Å². The second-order valence-electron chi connectivity index (χ2n) is 3.74. The first kappa shape index (κ1) is 14.2. The quantitative estimate of drug-likeness (QED) is 0.789. The Morgan fingerprint density at radius 2 is 2.18 bits per heavy atom. The SMILES string of the molecule is COCCNCC(=O)Nc1cc(C)cc(Br)c1. The van der Waals surface area contributed by atoms with Gasteiger partial charge >= 0.3 is 0 Å². The lowest BCUT2D eigenvalue weighted by molar-refractivity contribution is -0.115. The number of ether oxygens (including phenoxy) is 1. The number of carbonyl (C=O) groups excluding carboxylic acids is 1. The van der Waals surface area contributed by atoms with E-state index in [2.05, 4.69) is 26.6 Å². The molecule has 0 aromatic heterocycles. The van der Waals surface area contributed by atoms with Crippen molar-refractivity contribution in [2.24, 2.45) is 0 Å². The van der Waals surface area contributed by atoms with Gasteiger partial charge in [-0.3, -0.25) is 4.79 Å². The monoisotopic (exact) mass is 300 g/mol. The van der Waals surface area contributed by atoms with Crippen LogP contribution in [0.5, 0.6) is 0 Å². The molecule has 0 heterocycles. The summed E-state index contributed by atoms with van der Waals surface area (Å²) < 4.78 is 5.83. The van der Waals surface area contributed by atoms with Gasteiger partial charge in [-0.05, 0) is 30.7 Å². The Balaban J connectivity index is 2.39. The molecule has 0 bridgehead atoms. The number of hydrogen-bond acceptors (Lipinski definition) is 3. The zero-order valence-corrected chi connectivity index (χ0v) is 11.6. The molecule has 94 valence electrons. The number of methoxy groups -OCH3 is 1. The summed E-state index contributed by atoms with van der Waals surface area (Å²) in [6.45, 7) is 3.54. The van der Waals surface area contributed by atoms with E-state index in [-0.39, 0.29) is 12.5 Å². The maximum absolute atomic E-state index is 11.6. The summed E-state index contributed by atoms with van der Waals surface area (Å²) >= 11 is 3.39. The molecule has 0 unspecified atom stereocenters. The van der Waals surface area contributed by atoms with Crippen LogP contribution in [0.1, 0.15) is 5.56 Å². The van der Waals surface area contributed by atoms with Crippen LogP contribution in [-0.4, -0.2) is 32.7 Å². The number of amides is 1. The van der Waals surface area contributed by atoms with E-state index in [0.29, 0.717) is 13.2 Å². The maximum atomic E-state index is 11.6. The molecule has 0 atom stereocenters. The standard InChI is InChI=1S/C12H17BrN2O2/c1-9-5-10(13)7-11(6-9)15-12(16)8-14-3-4-17-2/h5-7,14H,3-4,8H2,1-2H3,(H,15,16). The summed E-state index contributed by atoms with van der Waals surface area (Å²) in [5.41, 5.74) is 1.90. The van der Waals surface area contributed by atoms with Gasteiger partial charge in [-0.25, -0.2) is 0 Å². The van der Waals surface area contributed by atoms with Crippen molar-refractivity contribution in [1.29, 1.82) is 0 Å². The average molecular weight is 301 g/mol. The fourth-order valence-corrected chi connectivity index (χ4v) is 2.00. The summed E-state index contributed by atoms with van der Waals surface area (Å²) in [7, 11) is 1.63. The van der Waals surface area contributed by atoms with Crippen LogP contribution in [0.25, 0.3) is 0 Å². The summed E-state index contributed by atoms with van der Waals surface area (Å²) in [5, 5.41) is 5.82. The highest BCUT2D eigenvalue weighted by molar-refractivity contribution is 9.10. The highest BCUT2D eigenvalue weighted by Gasteiger charge is 2.02. The highest BCUT2D eigenvalue weighted by atomic mass is 79.9. The molecule has 0 saturated heterocycles. The van der Waals surface area contributed by atoms with Gasteiger partial charge in [0.2, 0.25) is 5.91 Å². The number of anilines is 1. The molecule has 0 aliphatic rings. The third-order valence-corrected chi connectivity index (χ3v) is 2.55. The van der Waals surface area contributed by atoms with Crippen LogP contribution in [-0.2, 0) is 9.53 Å². The van der Waals surface area contributed by atoms with Gasteiger partial charge < -0.3 is 15.4 Å². The fraction of sp³-hybridized carbons (Fsp3) is 0.417. The summed E-state index contributed by atoms with van der Waals surface area (Å²) in [6, 6.07) is 5.80. The zero-order chi connectivity index (χ0) is 12.7. The Morgan fingerprint density at radius 1 is 1.41 bits per heavy atom. The summed E-state index contributed by atoms with van der Waals surface area (Å²) in [5.74, 6) is -0.0568. The highest BCUT2D eigenvalue weighted by Crippen LogP contribution is 2.18. The van der Waals surface area contributed by atoms with E-state index in [0.717, 1.165) is 15.7 Å². The molecule has 1 aromatic rings. The van der Waals surface area contributed by atoms with Gasteiger partial charge in [0.1, 0.15) is 0 Å². The zero-order valence-electron chi connectivity index (χ0n) is 10.0. The molecule has 0 spiro atoms. The Labute approximate surface area is 110 Å². The van der Waals surface area contributed by atoms with E-state index in [1.165, 1.54) is 0 Å². The molecule has 0 aliphatic carbocycles. The Bertz CT molecular complexity index is 363. The van der Waals surface area contributed by atoms with Crippen LogP contribution < -0.4 is 10.6 Å². The van der Waals surface area contributed by atoms with Gasteiger partial charge in [0.05, 0.1) is 13.2 Å². The molecule has 5 heteroatoms. The molecule has 17 heavy (non-hydrogen) atoms. The van der Waals surface area contributed by atoms with Gasteiger partial charge in [0.15, 0.2) is 0 Å². The molecule has 1 aromatic carbocycles. The molecular formula is C12H17BrN2O2. The number of nitrogens with one attached hydrogen (secondary N) is 2. The Morgan fingerprint density at radius 3 is 2.82 bits per heavy atom. The van der Waals surface area contributed by atoms with Crippen LogP contribution in [0.15, 0.2) is 22.7 Å². The lowest BCUT2D eigenvalue weighted by atomic mass is 10.2. The van der Waals surface area contributed by atoms with E-state index in [4.69, 9.17) is 4.74 Å². The van der Waals surface area contributed by atoms with Crippen molar-refractivity contribution in [3.63, 3.8) is 0 Å². The predicted octanol–water partition coefficient (Wildman–Crippen LogP) is 1.93. The van der Waals surface area contributed by atoms with Crippen molar-refractivity contribution in [2.75, 3.05) is 32.1 Å². The van der Waals surface area contributed by atoms with Crippen LogP contribution >= 0.6 is 15.9 Å². The predicted molar refractivity (Wildman–Crippen MR) is 72.3 cm³/mol. The molecule has 0 saturated carbocycles. The molecular weight excluding hydrogens is 284 g/mol. The molecule has 2 N–H and O–H groups in total. The number of rotatable bonds is 6. The maximum Gasteiger partial charge on any atom is 0.238 e. The number of carbonyl (C=O) groups is 1. The van der Waals surface area contributed by atoms with Crippen LogP contribution in [0, 0.1) is 6.92 Å². The smallest absolute Gasteiger partial charge is 0.238 e. The van der Waals surface area contributed by atoms with E-state index >= 15 is 0 Å². The largest absolute Gasteiger partial charge is 0.383 e. The van der Waals surface area contributed by atoms with Crippen LogP contribution in [0.2, 0.25) is 0 Å².